The second-order valence-electron chi connectivity index (χ2n) is 4.19. The number of nitrogens with one attached hydrogen (secondary N) is 1. The Morgan fingerprint density at radius 1 is 1.50 bits per heavy atom. The molecule has 1 aromatic rings. The van der Waals surface area contributed by atoms with Gasteiger partial charge in [-0.15, -0.1) is 11.3 Å². The van der Waals surface area contributed by atoms with Gasteiger partial charge in [0.15, 0.2) is 0 Å². The highest BCUT2D eigenvalue weighted by Gasteiger charge is 2.18. The van der Waals surface area contributed by atoms with Crippen LogP contribution in [0.5, 0.6) is 0 Å². The van der Waals surface area contributed by atoms with Crippen LogP contribution in [0.2, 0.25) is 0 Å². The van der Waals surface area contributed by atoms with Crippen LogP contribution in [-0.2, 0) is 11.2 Å². The van der Waals surface area contributed by atoms with Crippen LogP contribution in [0.1, 0.15) is 55.5 Å². The normalized spacial score (nSPS) is 12.2. The van der Waals surface area contributed by atoms with Crippen LogP contribution in [0.25, 0.3) is 0 Å². The van der Waals surface area contributed by atoms with Crippen molar-refractivity contribution in [3.05, 3.63) is 16.1 Å². The molecule has 0 aliphatic carbocycles. The second-order valence-corrected chi connectivity index (χ2v) is 5.34. The molecule has 102 valence electrons. The van der Waals surface area contributed by atoms with Crippen molar-refractivity contribution < 1.29 is 9.53 Å². The number of aryl methyl sites for hydroxylation is 1. The molecule has 0 aliphatic rings. The van der Waals surface area contributed by atoms with Gasteiger partial charge in [-0.2, -0.15) is 0 Å². The Bertz CT molecular complexity index is 366. The monoisotopic (exact) mass is 270 g/mol. The molecule has 18 heavy (non-hydrogen) atoms. The van der Waals surface area contributed by atoms with Gasteiger partial charge in [-0.3, -0.25) is 0 Å². The zero-order valence-corrected chi connectivity index (χ0v) is 12.2. The van der Waals surface area contributed by atoms with Crippen LogP contribution in [-0.4, -0.2) is 18.1 Å². The van der Waals surface area contributed by atoms with Crippen LogP contribution in [0.4, 0.5) is 4.79 Å². The number of rotatable bonds is 7. The minimum atomic E-state index is -0.374. The maximum absolute atomic E-state index is 11.3. The van der Waals surface area contributed by atoms with E-state index in [2.05, 4.69) is 24.1 Å². The van der Waals surface area contributed by atoms with Crippen molar-refractivity contribution in [1.82, 2.24) is 10.3 Å². The fourth-order valence-corrected chi connectivity index (χ4v) is 2.73. The molecule has 1 atom stereocenters. The fraction of sp³-hybridized carbons (Fsp3) is 0.692. The Labute approximate surface area is 113 Å². The lowest BCUT2D eigenvalue weighted by atomic mass is 10.1. The molecule has 0 bridgehead atoms. The zero-order chi connectivity index (χ0) is 13.4. The molecule has 4 nitrogen and oxygen atoms in total. The van der Waals surface area contributed by atoms with Gasteiger partial charge in [-0.1, -0.05) is 20.3 Å². The number of carbonyl (C=O) groups is 1. The minimum Gasteiger partial charge on any atom is -0.440 e. The number of nitrogens with zero attached hydrogens (tertiary/aromatic N) is 1. The maximum atomic E-state index is 11.3. The van der Waals surface area contributed by atoms with E-state index in [1.54, 1.807) is 18.4 Å². The van der Waals surface area contributed by atoms with Crippen molar-refractivity contribution in [2.45, 2.75) is 52.1 Å². The van der Waals surface area contributed by atoms with Gasteiger partial charge in [0.05, 0.1) is 9.88 Å². The molecule has 0 radical (unpaired) electrons. The standard InChI is InChI=1S/C13H22N2O2S/c1-4-6-8-10(17-13(16)14-3)11-9-15-12(18-11)7-5-2/h9-10H,4-8H2,1-3H3,(H,14,16). The number of aromatic nitrogens is 1. The van der Waals surface area contributed by atoms with Crippen LogP contribution >= 0.6 is 11.3 Å². The number of hydrogen-bond acceptors (Lipinski definition) is 4. The Morgan fingerprint density at radius 2 is 2.28 bits per heavy atom. The molecule has 1 aromatic heterocycles. The lowest BCUT2D eigenvalue weighted by Crippen LogP contribution is -2.21. The first-order chi connectivity index (χ1) is 8.71. The van der Waals surface area contributed by atoms with Gasteiger partial charge in [0.25, 0.3) is 0 Å². The summed E-state index contributed by atoms with van der Waals surface area (Å²) in [5.41, 5.74) is 0. The first-order valence-electron chi connectivity index (χ1n) is 6.54. The first kappa shape index (κ1) is 15.0. The number of amides is 1. The SMILES string of the molecule is CCCCC(OC(=O)NC)c1cnc(CCC)s1. The average molecular weight is 270 g/mol. The summed E-state index contributed by atoms with van der Waals surface area (Å²) >= 11 is 1.65. The molecule has 0 fully saturated rings. The molecule has 0 saturated carbocycles. The summed E-state index contributed by atoms with van der Waals surface area (Å²) in [7, 11) is 1.58. The van der Waals surface area contributed by atoms with E-state index in [0.29, 0.717) is 0 Å². The van der Waals surface area contributed by atoms with E-state index in [-0.39, 0.29) is 12.2 Å². The topological polar surface area (TPSA) is 51.2 Å². The van der Waals surface area contributed by atoms with Crippen molar-refractivity contribution >= 4 is 17.4 Å². The van der Waals surface area contributed by atoms with Gasteiger partial charge < -0.3 is 10.1 Å². The van der Waals surface area contributed by atoms with Gasteiger partial charge in [0.1, 0.15) is 6.10 Å². The largest absolute Gasteiger partial charge is 0.440 e. The lowest BCUT2D eigenvalue weighted by Gasteiger charge is -2.15. The minimum absolute atomic E-state index is 0.159. The first-order valence-corrected chi connectivity index (χ1v) is 7.35. The summed E-state index contributed by atoms with van der Waals surface area (Å²) in [6, 6.07) is 0. The number of ether oxygens (including phenoxy) is 1. The predicted octanol–water partition coefficient (Wildman–Crippen LogP) is 3.68. The van der Waals surface area contributed by atoms with E-state index in [1.165, 1.54) is 0 Å². The number of alkyl carbamates (subject to hydrolysis) is 1. The molecule has 1 heterocycles. The van der Waals surface area contributed by atoms with Crippen molar-refractivity contribution in [1.29, 1.82) is 0 Å². The van der Waals surface area contributed by atoms with Crippen LogP contribution < -0.4 is 5.32 Å². The molecule has 0 aliphatic heterocycles. The highest BCUT2D eigenvalue weighted by atomic mass is 32.1. The van der Waals surface area contributed by atoms with E-state index in [9.17, 15) is 4.79 Å². The van der Waals surface area contributed by atoms with E-state index >= 15 is 0 Å². The number of thiazole rings is 1. The lowest BCUT2D eigenvalue weighted by molar-refractivity contribution is 0.0947. The van der Waals surface area contributed by atoms with Gasteiger partial charge in [-0.05, 0) is 25.7 Å². The third-order valence-electron chi connectivity index (χ3n) is 2.63. The summed E-state index contributed by atoms with van der Waals surface area (Å²) in [6.07, 6.45) is 6.39. The molecule has 1 unspecified atom stereocenters. The maximum Gasteiger partial charge on any atom is 0.407 e. The Hall–Kier alpha value is -1.10. The molecule has 1 amide bonds. The smallest absolute Gasteiger partial charge is 0.407 e. The molecule has 0 aromatic carbocycles. The molecule has 1 rings (SSSR count). The van der Waals surface area contributed by atoms with Crippen molar-refractivity contribution in [2.24, 2.45) is 0 Å². The third kappa shape index (κ3) is 4.64. The second kappa shape index (κ2) is 8.08. The fourth-order valence-electron chi connectivity index (χ4n) is 1.64. The number of carbonyl (C=O) groups excluding carboxylic acids is 1. The van der Waals surface area contributed by atoms with Crippen molar-refractivity contribution in [2.75, 3.05) is 7.05 Å². The molecular formula is C13H22N2O2S. The zero-order valence-electron chi connectivity index (χ0n) is 11.4. The summed E-state index contributed by atoms with van der Waals surface area (Å²) in [5.74, 6) is 0. The predicted molar refractivity (Wildman–Crippen MR) is 73.9 cm³/mol. The quantitative estimate of drug-likeness (QED) is 0.822. The van der Waals surface area contributed by atoms with E-state index in [4.69, 9.17) is 4.74 Å². The third-order valence-corrected chi connectivity index (χ3v) is 3.78. The van der Waals surface area contributed by atoms with E-state index in [0.717, 1.165) is 42.0 Å². The molecule has 5 heteroatoms. The summed E-state index contributed by atoms with van der Waals surface area (Å²) in [5, 5.41) is 3.62. The number of hydrogen-bond donors (Lipinski definition) is 1. The van der Waals surface area contributed by atoms with Gasteiger partial charge >= 0.3 is 6.09 Å². The highest BCUT2D eigenvalue weighted by molar-refractivity contribution is 7.11. The van der Waals surface area contributed by atoms with Crippen molar-refractivity contribution in [3.8, 4) is 0 Å². The van der Waals surface area contributed by atoms with Crippen molar-refractivity contribution in [3.63, 3.8) is 0 Å². The molecule has 0 saturated heterocycles. The van der Waals surface area contributed by atoms with E-state index < -0.39 is 0 Å². The summed E-state index contributed by atoms with van der Waals surface area (Å²) in [4.78, 5) is 16.8. The van der Waals surface area contributed by atoms with Crippen LogP contribution in [0, 0.1) is 0 Å². The molecular weight excluding hydrogens is 248 g/mol. The van der Waals surface area contributed by atoms with E-state index in [1.807, 2.05) is 6.20 Å². The highest BCUT2D eigenvalue weighted by Crippen LogP contribution is 2.29. The summed E-state index contributed by atoms with van der Waals surface area (Å²) in [6.45, 7) is 4.27. The molecule has 1 N–H and O–H groups in total. The van der Waals surface area contributed by atoms with Gasteiger partial charge in [0, 0.05) is 13.2 Å². The van der Waals surface area contributed by atoms with Crippen LogP contribution in [0.3, 0.4) is 0 Å². The van der Waals surface area contributed by atoms with Crippen LogP contribution in [0.15, 0.2) is 6.20 Å². The summed E-state index contributed by atoms with van der Waals surface area (Å²) < 4.78 is 5.40. The Kier molecular flexibility index (Phi) is 6.72. The average Bonchev–Trinajstić information content (AvgIpc) is 2.83. The Morgan fingerprint density at radius 3 is 2.89 bits per heavy atom. The Balaban J connectivity index is 2.69. The van der Waals surface area contributed by atoms with Gasteiger partial charge in [-0.25, -0.2) is 9.78 Å². The molecule has 0 spiro atoms. The number of unbranched alkanes of at least 4 members (excludes halogenated alkanes) is 1. The van der Waals surface area contributed by atoms with Gasteiger partial charge in [0.2, 0.25) is 0 Å².